The van der Waals surface area contributed by atoms with Gasteiger partial charge in [0.05, 0.1) is 12.4 Å². The normalized spacial score (nSPS) is 11.6. The van der Waals surface area contributed by atoms with Gasteiger partial charge in [0.25, 0.3) is 0 Å². The zero-order valence-corrected chi connectivity index (χ0v) is 8.75. The van der Waals surface area contributed by atoms with E-state index in [2.05, 4.69) is 4.84 Å². The molecule has 1 aromatic carbocycles. The standard InChI is InChI=1S/C9H13NO3S/c1-14(11,12)7-9-4-2-3-8(5-9)6-13-10/h2-5H,6-7,10H2,1H3. The van der Waals surface area contributed by atoms with Gasteiger partial charge in [0.15, 0.2) is 9.84 Å². The van der Waals surface area contributed by atoms with Gasteiger partial charge in [-0.1, -0.05) is 24.3 Å². The molecule has 0 aliphatic carbocycles. The summed E-state index contributed by atoms with van der Waals surface area (Å²) in [5.41, 5.74) is 1.62. The molecule has 4 nitrogen and oxygen atoms in total. The molecule has 0 aromatic heterocycles. The highest BCUT2D eigenvalue weighted by Crippen LogP contribution is 2.08. The van der Waals surface area contributed by atoms with Gasteiger partial charge < -0.3 is 0 Å². The Hall–Kier alpha value is -0.910. The van der Waals surface area contributed by atoms with E-state index in [-0.39, 0.29) is 12.4 Å². The van der Waals surface area contributed by atoms with E-state index in [1.807, 2.05) is 6.07 Å². The van der Waals surface area contributed by atoms with Crippen molar-refractivity contribution < 1.29 is 13.3 Å². The van der Waals surface area contributed by atoms with E-state index >= 15 is 0 Å². The van der Waals surface area contributed by atoms with Crippen molar-refractivity contribution in [3.63, 3.8) is 0 Å². The van der Waals surface area contributed by atoms with Gasteiger partial charge in [0.2, 0.25) is 0 Å². The first-order valence-corrected chi connectivity index (χ1v) is 6.14. The SMILES string of the molecule is CS(=O)(=O)Cc1cccc(CON)c1. The molecule has 0 aliphatic heterocycles. The van der Waals surface area contributed by atoms with Gasteiger partial charge in [-0.05, 0) is 11.1 Å². The fourth-order valence-electron chi connectivity index (χ4n) is 1.21. The molecule has 0 radical (unpaired) electrons. The van der Waals surface area contributed by atoms with Crippen LogP contribution in [-0.2, 0) is 27.0 Å². The fraction of sp³-hybridized carbons (Fsp3) is 0.333. The van der Waals surface area contributed by atoms with Crippen LogP contribution in [0.5, 0.6) is 0 Å². The zero-order valence-electron chi connectivity index (χ0n) is 7.93. The van der Waals surface area contributed by atoms with Crippen LogP contribution in [0.4, 0.5) is 0 Å². The van der Waals surface area contributed by atoms with Gasteiger partial charge in [-0.3, -0.25) is 4.84 Å². The summed E-state index contributed by atoms with van der Waals surface area (Å²) in [5, 5.41) is 0. The Kier molecular flexibility index (Phi) is 3.62. The third-order valence-electron chi connectivity index (χ3n) is 1.67. The van der Waals surface area contributed by atoms with Gasteiger partial charge in [0.1, 0.15) is 0 Å². The van der Waals surface area contributed by atoms with Crippen molar-refractivity contribution >= 4 is 9.84 Å². The molecule has 14 heavy (non-hydrogen) atoms. The molecule has 0 saturated carbocycles. The largest absolute Gasteiger partial charge is 0.300 e. The average Bonchev–Trinajstić information content (AvgIpc) is 2.02. The third-order valence-corrected chi connectivity index (χ3v) is 2.53. The molecule has 78 valence electrons. The lowest BCUT2D eigenvalue weighted by molar-refractivity contribution is 0.124. The first-order chi connectivity index (χ1) is 6.51. The minimum absolute atomic E-state index is 0.0470. The van der Waals surface area contributed by atoms with E-state index in [0.717, 1.165) is 11.1 Å². The quantitative estimate of drug-likeness (QED) is 0.747. The van der Waals surface area contributed by atoms with Gasteiger partial charge in [-0.25, -0.2) is 14.3 Å². The van der Waals surface area contributed by atoms with Crippen LogP contribution in [0.25, 0.3) is 0 Å². The Morgan fingerprint density at radius 1 is 1.36 bits per heavy atom. The molecule has 0 heterocycles. The van der Waals surface area contributed by atoms with Crippen molar-refractivity contribution in [3.05, 3.63) is 35.4 Å². The molecule has 0 fully saturated rings. The Morgan fingerprint density at radius 2 is 2.00 bits per heavy atom. The van der Waals surface area contributed by atoms with Crippen molar-refractivity contribution in [3.8, 4) is 0 Å². The molecule has 0 bridgehead atoms. The van der Waals surface area contributed by atoms with Crippen LogP contribution < -0.4 is 5.90 Å². The van der Waals surface area contributed by atoms with Crippen LogP contribution in [0.15, 0.2) is 24.3 Å². The fourth-order valence-corrected chi connectivity index (χ4v) is 1.99. The molecular weight excluding hydrogens is 202 g/mol. The Morgan fingerprint density at radius 3 is 2.57 bits per heavy atom. The maximum absolute atomic E-state index is 11.0. The van der Waals surface area contributed by atoms with Crippen LogP contribution in [0.1, 0.15) is 11.1 Å². The molecule has 1 aromatic rings. The maximum Gasteiger partial charge on any atom is 0.151 e. The van der Waals surface area contributed by atoms with Crippen molar-refractivity contribution in [2.45, 2.75) is 12.4 Å². The third kappa shape index (κ3) is 3.87. The Labute approximate surface area is 83.6 Å². The Bertz CT molecular complexity index is 400. The summed E-state index contributed by atoms with van der Waals surface area (Å²) in [6, 6.07) is 7.16. The van der Waals surface area contributed by atoms with Crippen molar-refractivity contribution in [2.24, 2.45) is 5.90 Å². The van der Waals surface area contributed by atoms with Gasteiger partial charge in [-0.2, -0.15) is 0 Å². The van der Waals surface area contributed by atoms with Gasteiger partial charge in [-0.15, -0.1) is 0 Å². The lowest BCUT2D eigenvalue weighted by atomic mass is 10.1. The minimum Gasteiger partial charge on any atom is -0.300 e. The number of hydrogen-bond donors (Lipinski definition) is 1. The maximum atomic E-state index is 11.0. The van der Waals surface area contributed by atoms with E-state index in [9.17, 15) is 8.42 Å². The summed E-state index contributed by atoms with van der Waals surface area (Å²) in [6.07, 6.45) is 1.21. The molecule has 1 rings (SSSR count). The van der Waals surface area contributed by atoms with Gasteiger partial charge >= 0.3 is 0 Å². The van der Waals surface area contributed by atoms with Crippen LogP contribution in [-0.4, -0.2) is 14.7 Å². The lowest BCUT2D eigenvalue weighted by Gasteiger charge is -2.02. The van der Waals surface area contributed by atoms with Crippen LogP contribution in [0, 0.1) is 0 Å². The van der Waals surface area contributed by atoms with E-state index in [1.165, 1.54) is 6.26 Å². The summed E-state index contributed by atoms with van der Waals surface area (Å²) in [4.78, 5) is 4.46. The number of benzene rings is 1. The summed E-state index contributed by atoms with van der Waals surface area (Å²) >= 11 is 0. The van der Waals surface area contributed by atoms with E-state index in [1.54, 1.807) is 18.2 Å². The zero-order chi connectivity index (χ0) is 10.6. The highest BCUT2D eigenvalue weighted by molar-refractivity contribution is 7.89. The lowest BCUT2D eigenvalue weighted by Crippen LogP contribution is -2.03. The molecule has 0 spiro atoms. The van der Waals surface area contributed by atoms with Crippen molar-refractivity contribution in [1.82, 2.24) is 0 Å². The monoisotopic (exact) mass is 215 g/mol. The van der Waals surface area contributed by atoms with E-state index in [4.69, 9.17) is 5.90 Å². The smallest absolute Gasteiger partial charge is 0.151 e. The summed E-state index contributed by atoms with van der Waals surface area (Å²) in [5.74, 6) is 4.97. The van der Waals surface area contributed by atoms with Crippen molar-refractivity contribution in [2.75, 3.05) is 6.26 Å². The Balaban J connectivity index is 2.83. The molecule has 2 N–H and O–H groups in total. The second-order valence-corrected chi connectivity index (χ2v) is 5.34. The van der Waals surface area contributed by atoms with Crippen LogP contribution in [0.3, 0.4) is 0 Å². The minimum atomic E-state index is -2.98. The number of sulfone groups is 1. The molecule has 0 atom stereocenters. The van der Waals surface area contributed by atoms with Gasteiger partial charge in [0, 0.05) is 6.26 Å². The molecule has 0 unspecified atom stereocenters. The second-order valence-electron chi connectivity index (χ2n) is 3.20. The van der Waals surface area contributed by atoms with Crippen LogP contribution >= 0.6 is 0 Å². The molecule has 5 heteroatoms. The molecule has 0 aliphatic rings. The highest BCUT2D eigenvalue weighted by Gasteiger charge is 2.04. The predicted octanol–water partition coefficient (Wildman–Crippen LogP) is 0.622. The average molecular weight is 215 g/mol. The number of rotatable bonds is 4. The molecule has 0 amide bonds. The van der Waals surface area contributed by atoms with Crippen molar-refractivity contribution in [1.29, 1.82) is 0 Å². The highest BCUT2D eigenvalue weighted by atomic mass is 32.2. The predicted molar refractivity (Wildman–Crippen MR) is 54.0 cm³/mol. The molecular formula is C9H13NO3S. The number of nitrogens with two attached hydrogens (primary N) is 1. The second kappa shape index (κ2) is 4.54. The van der Waals surface area contributed by atoms with E-state index in [0.29, 0.717) is 0 Å². The summed E-state index contributed by atoms with van der Waals surface area (Å²) in [7, 11) is -2.98. The number of hydrogen-bond acceptors (Lipinski definition) is 4. The van der Waals surface area contributed by atoms with Crippen LogP contribution in [0.2, 0.25) is 0 Å². The van der Waals surface area contributed by atoms with E-state index < -0.39 is 9.84 Å². The first kappa shape index (κ1) is 11.2. The molecule has 0 saturated heterocycles. The summed E-state index contributed by atoms with van der Waals surface area (Å²) in [6.45, 7) is 0.289. The first-order valence-electron chi connectivity index (χ1n) is 4.08. The topological polar surface area (TPSA) is 69.4 Å². The summed E-state index contributed by atoms with van der Waals surface area (Å²) < 4.78 is 22.0.